The van der Waals surface area contributed by atoms with Crippen molar-refractivity contribution in [1.29, 1.82) is 0 Å². The van der Waals surface area contributed by atoms with Crippen LogP contribution in [0.5, 0.6) is 0 Å². The topological polar surface area (TPSA) is 84.1 Å². The SMILES string of the molecule is CCCC(COC)NS(=O)(=O)c1cnc(C)[nH]1. The van der Waals surface area contributed by atoms with Gasteiger partial charge in [-0.25, -0.2) is 18.1 Å². The zero-order chi connectivity index (χ0) is 12.9. The number of H-pyrrole nitrogens is 1. The van der Waals surface area contributed by atoms with Crippen LogP contribution in [0.2, 0.25) is 0 Å². The molecule has 6 nitrogen and oxygen atoms in total. The highest BCUT2D eigenvalue weighted by Gasteiger charge is 2.21. The van der Waals surface area contributed by atoms with Crippen LogP contribution >= 0.6 is 0 Å². The minimum absolute atomic E-state index is 0.0900. The molecule has 1 unspecified atom stereocenters. The summed E-state index contributed by atoms with van der Waals surface area (Å²) < 4.78 is 31.5. The Bertz CT molecular complexity index is 435. The number of rotatable bonds is 7. The monoisotopic (exact) mass is 261 g/mol. The van der Waals surface area contributed by atoms with E-state index in [0.717, 1.165) is 12.8 Å². The predicted octanol–water partition coefficient (Wildman–Crippen LogP) is 0.812. The van der Waals surface area contributed by atoms with Crippen LogP contribution in [-0.2, 0) is 14.8 Å². The maximum atomic E-state index is 12.0. The fourth-order valence-electron chi connectivity index (χ4n) is 1.54. The van der Waals surface area contributed by atoms with E-state index < -0.39 is 10.0 Å². The second-order valence-corrected chi connectivity index (χ2v) is 5.58. The molecule has 0 aliphatic heterocycles. The number of aromatic nitrogens is 2. The van der Waals surface area contributed by atoms with Crippen LogP contribution in [0.15, 0.2) is 11.2 Å². The largest absolute Gasteiger partial charge is 0.383 e. The molecule has 0 fully saturated rings. The number of nitrogens with one attached hydrogen (secondary N) is 2. The van der Waals surface area contributed by atoms with E-state index in [2.05, 4.69) is 14.7 Å². The molecule has 1 aromatic rings. The van der Waals surface area contributed by atoms with Gasteiger partial charge in [0.05, 0.1) is 12.8 Å². The Morgan fingerprint density at radius 3 is 2.76 bits per heavy atom. The molecule has 1 aromatic heterocycles. The van der Waals surface area contributed by atoms with E-state index in [1.165, 1.54) is 6.20 Å². The lowest BCUT2D eigenvalue weighted by Crippen LogP contribution is -2.38. The lowest BCUT2D eigenvalue weighted by Gasteiger charge is -2.16. The maximum Gasteiger partial charge on any atom is 0.257 e. The van der Waals surface area contributed by atoms with Crippen LogP contribution in [-0.4, -0.2) is 38.1 Å². The predicted molar refractivity (Wildman–Crippen MR) is 64.2 cm³/mol. The molecule has 1 heterocycles. The fraction of sp³-hybridized carbons (Fsp3) is 0.700. The minimum atomic E-state index is -3.53. The van der Waals surface area contributed by atoms with Gasteiger partial charge >= 0.3 is 0 Å². The van der Waals surface area contributed by atoms with Gasteiger partial charge in [-0.05, 0) is 13.3 Å². The molecule has 0 saturated heterocycles. The first-order valence-electron chi connectivity index (χ1n) is 5.52. The number of sulfonamides is 1. The van der Waals surface area contributed by atoms with Crippen molar-refractivity contribution in [3.8, 4) is 0 Å². The number of hydrogen-bond acceptors (Lipinski definition) is 4. The van der Waals surface area contributed by atoms with E-state index in [0.29, 0.717) is 12.4 Å². The molecule has 0 amide bonds. The standard InChI is InChI=1S/C10H19N3O3S/c1-4-5-9(7-16-3)13-17(14,15)10-6-11-8(2)12-10/h6,9,13H,4-5,7H2,1-3H3,(H,11,12). The Hall–Kier alpha value is -0.920. The number of nitrogens with zero attached hydrogens (tertiary/aromatic N) is 1. The molecule has 0 saturated carbocycles. The molecular formula is C10H19N3O3S. The fourth-order valence-corrected chi connectivity index (χ4v) is 2.77. The number of ether oxygens (including phenoxy) is 1. The molecule has 1 atom stereocenters. The second kappa shape index (κ2) is 6.13. The molecule has 0 aromatic carbocycles. The van der Waals surface area contributed by atoms with Gasteiger partial charge in [-0.2, -0.15) is 0 Å². The van der Waals surface area contributed by atoms with Gasteiger partial charge in [0.2, 0.25) is 0 Å². The summed E-state index contributed by atoms with van der Waals surface area (Å²) in [5.41, 5.74) is 0. The first-order chi connectivity index (χ1) is 7.99. The van der Waals surface area contributed by atoms with Gasteiger partial charge in [0.25, 0.3) is 10.0 Å². The first-order valence-corrected chi connectivity index (χ1v) is 7.00. The van der Waals surface area contributed by atoms with Crippen LogP contribution in [0, 0.1) is 6.92 Å². The van der Waals surface area contributed by atoms with Crippen LogP contribution in [0.1, 0.15) is 25.6 Å². The molecule has 0 bridgehead atoms. The molecular weight excluding hydrogens is 242 g/mol. The summed E-state index contributed by atoms with van der Waals surface area (Å²) in [5, 5.41) is 0.0900. The Morgan fingerprint density at radius 2 is 2.29 bits per heavy atom. The molecule has 7 heteroatoms. The highest BCUT2D eigenvalue weighted by Crippen LogP contribution is 2.08. The Balaban J connectivity index is 2.77. The number of aryl methyl sites for hydroxylation is 1. The van der Waals surface area contributed by atoms with Gasteiger partial charge < -0.3 is 9.72 Å². The molecule has 17 heavy (non-hydrogen) atoms. The summed E-state index contributed by atoms with van der Waals surface area (Å²) in [4.78, 5) is 6.58. The molecule has 0 aliphatic carbocycles. The van der Waals surface area contributed by atoms with E-state index >= 15 is 0 Å². The third kappa shape index (κ3) is 4.10. The zero-order valence-electron chi connectivity index (χ0n) is 10.4. The van der Waals surface area contributed by atoms with Gasteiger partial charge in [0, 0.05) is 13.2 Å². The van der Waals surface area contributed by atoms with Gasteiger partial charge in [-0.3, -0.25) is 0 Å². The minimum Gasteiger partial charge on any atom is -0.383 e. The smallest absolute Gasteiger partial charge is 0.257 e. The summed E-state index contributed by atoms with van der Waals surface area (Å²) in [5.74, 6) is 0.573. The maximum absolute atomic E-state index is 12.0. The van der Waals surface area contributed by atoms with Crippen LogP contribution < -0.4 is 4.72 Å². The number of methoxy groups -OCH3 is 1. The van der Waals surface area contributed by atoms with Gasteiger partial charge in [0.1, 0.15) is 5.82 Å². The van der Waals surface area contributed by atoms with E-state index in [-0.39, 0.29) is 11.1 Å². The lowest BCUT2D eigenvalue weighted by molar-refractivity contribution is 0.171. The molecule has 1 rings (SSSR count). The van der Waals surface area contributed by atoms with E-state index in [9.17, 15) is 8.42 Å². The van der Waals surface area contributed by atoms with Crippen molar-refractivity contribution < 1.29 is 13.2 Å². The quantitative estimate of drug-likeness (QED) is 0.761. The van der Waals surface area contributed by atoms with Crippen molar-refractivity contribution in [2.45, 2.75) is 37.8 Å². The summed E-state index contributed by atoms with van der Waals surface area (Å²) >= 11 is 0. The zero-order valence-corrected chi connectivity index (χ0v) is 11.2. The van der Waals surface area contributed by atoms with Crippen LogP contribution in [0.25, 0.3) is 0 Å². The number of imidazole rings is 1. The number of aromatic amines is 1. The summed E-state index contributed by atoms with van der Waals surface area (Å²) in [7, 11) is -1.98. The number of hydrogen-bond donors (Lipinski definition) is 2. The second-order valence-electron chi connectivity index (χ2n) is 3.90. The van der Waals surface area contributed by atoms with Crippen molar-refractivity contribution >= 4 is 10.0 Å². The van der Waals surface area contributed by atoms with Crippen LogP contribution in [0.4, 0.5) is 0 Å². The first kappa shape index (κ1) is 14.1. The summed E-state index contributed by atoms with van der Waals surface area (Å²) in [6, 6.07) is -0.210. The molecule has 98 valence electrons. The van der Waals surface area contributed by atoms with Crippen molar-refractivity contribution in [1.82, 2.24) is 14.7 Å². The highest BCUT2D eigenvalue weighted by molar-refractivity contribution is 7.89. The molecule has 0 radical (unpaired) electrons. The third-order valence-electron chi connectivity index (χ3n) is 2.30. The molecule has 0 spiro atoms. The average Bonchev–Trinajstić information content (AvgIpc) is 2.66. The average molecular weight is 261 g/mol. The van der Waals surface area contributed by atoms with E-state index in [1.54, 1.807) is 14.0 Å². The normalized spacial score (nSPS) is 13.8. The summed E-state index contributed by atoms with van der Waals surface area (Å²) in [6.45, 7) is 4.06. The lowest BCUT2D eigenvalue weighted by atomic mass is 10.2. The van der Waals surface area contributed by atoms with Crippen molar-refractivity contribution in [3.05, 3.63) is 12.0 Å². The van der Waals surface area contributed by atoms with Gasteiger partial charge in [-0.1, -0.05) is 13.3 Å². The van der Waals surface area contributed by atoms with Crippen molar-refractivity contribution in [2.75, 3.05) is 13.7 Å². The van der Waals surface area contributed by atoms with Gasteiger partial charge in [-0.15, -0.1) is 0 Å². The molecule has 2 N–H and O–H groups in total. The Kier molecular flexibility index (Phi) is 5.10. The van der Waals surface area contributed by atoms with Crippen molar-refractivity contribution in [3.63, 3.8) is 0 Å². The van der Waals surface area contributed by atoms with Crippen molar-refractivity contribution in [2.24, 2.45) is 0 Å². The Labute approximate surface area is 102 Å². The Morgan fingerprint density at radius 1 is 1.59 bits per heavy atom. The van der Waals surface area contributed by atoms with E-state index in [1.807, 2.05) is 6.92 Å². The third-order valence-corrected chi connectivity index (χ3v) is 3.73. The molecule has 0 aliphatic rings. The summed E-state index contributed by atoms with van der Waals surface area (Å²) in [6.07, 6.45) is 2.94. The van der Waals surface area contributed by atoms with E-state index in [4.69, 9.17) is 4.74 Å². The van der Waals surface area contributed by atoms with Crippen LogP contribution in [0.3, 0.4) is 0 Å². The highest BCUT2D eigenvalue weighted by atomic mass is 32.2. The van der Waals surface area contributed by atoms with Gasteiger partial charge in [0.15, 0.2) is 5.03 Å².